The zero-order valence-corrected chi connectivity index (χ0v) is 14.6. The maximum Gasteiger partial charge on any atom is 0.255 e. The molecular formula is C22H20N2O2. The van der Waals surface area contributed by atoms with Gasteiger partial charge in [-0.25, -0.2) is 0 Å². The molecule has 0 spiro atoms. The summed E-state index contributed by atoms with van der Waals surface area (Å²) in [7, 11) is 1.76. The highest BCUT2D eigenvalue weighted by molar-refractivity contribution is 6.04. The molecule has 0 bridgehead atoms. The fourth-order valence-electron chi connectivity index (χ4n) is 2.69. The van der Waals surface area contributed by atoms with Crippen LogP contribution in [0.5, 0.6) is 0 Å². The molecule has 0 radical (unpaired) electrons. The van der Waals surface area contributed by atoms with E-state index in [1.807, 2.05) is 60.7 Å². The molecule has 0 saturated carbocycles. The van der Waals surface area contributed by atoms with Crippen LogP contribution in [-0.4, -0.2) is 23.8 Å². The first-order valence-electron chi connectivity index (χ1n) is 8.40. The van der Waals surface area contributed by atoms with Crippen LogP contribution in [0.3, 0.4) is 0 Å². The standard InChI is InChI=1S/C22H20N2O2/c1-24(22(26)18-12-6-3-7-13-18)16-19-14-8-9-15-20(19)23-21(25)17-10-4-2-5-11-17/h2-15H,16H2,1H3,(H,23,25). The zero-order chi connectivity index (χ0) is 18.4. The summed E-state index contributed by atoms with van der Waals surface area (Å²) in [5.74, 6) is -0.232. The summed E-state index contributed by atoms with van der Waals surface area (Å²) in [4.78, 5) is 26.6. The molecule has 130 valence electrons. The lowest BCUT2D eigenvalue weighted by molar-refractivity contribution is 0.0785. The van der Waals surface area contributed by atoms with E-state index in [4.69, 9.17) is 0 Å². The molecule has 3 rings (SSSR count). The molecular weight excluding hydrogens is 324 g/mol. The fraction of sp³-hybridized carbons (Fsp3) is 0.0909. The van der Waals surface area contributed by atoms with Crippen LogP contribution >= 0.6 is 0 Å². The van der Waals surface area contributed by atoms with Gasteiger partial charge in [-0.1, -0.05) is 54.6 Å². The largest absolute Gasteiger partial charge is 0.337 e. The normalized spacial score (nSPS) is 10.2. The number of anilines is 1. The minimum Gasteiger partial charge on any atom is -0.337 e. The third-order valence-corrected chi connectivity index (χ3v) is 4.08. The molecule has 26 heavy (non-hydrogen) atoms. The van der Waals surface area contributed by atoms with Crippen LogP contribution in [0.25, 0.3) is 0 Å². The van der Waals surface area contributed by atoms with Crippen LogP contribution in [-0.2, 0) is 6.54 Å². The Bertz CT molecular complexity index is 892. The SMILES string of the molecule is CN(Cc1ccccc1NC(=O)c1ccccc1)C(=O)c1ccccc1. The highest BCUT2D eigenvalue weighted by Gasteiger charge is 2.14. The Hall–Kier alpha value is -3.40. The molecule has 4 heteroatoms. The van der Waals surface area contributed by atoms with Crippen molar-refractivity contribution in [2.45, 2.75) is 6.54 Å². The molecule has 3 aromatic rings. The summed E-state index contributed by atoms with van der Waals surface area (Å²) in [6.07, 6.45) is 0. The second-order valence-corrected chi connectivity index (χ2v) is 6.00. The van der Waals surface area contributed by atoms with Crippen molar-refractivity contribution in [2.75, 3.05) is 12.4 Å². The Morgan fingerprint density at radius 3 is 1.96 bits per heavy atom. The van der Waals surface area contributed by atoms with Crippen LogP contribution in [0.4, 0.5) is 5.69 Å². The Labute approximate surface area is 153 Å². The summed E-state index contributed by atoms with van der Waals surface area (Å²) >= 11 is 0. The van der Waals surface area contributed by atoms with Gasteiger partial charge in [-0.3, -0.25) is 9.59 Å². The molecule has 0 aliphatic heterocycles. The van der Waals surface area contributed by atoms with Crippen LogP contribution in [0.2, 0.25) is 0 Å². The van der Waals surface area contributed by atoms with Crippen molar-refractivity contribution in [3.8, 4) is 0 Å². The van der Waals surface area contributed by atoms with E-state index in [1.165, 1.54) is 0 Å². The lowest BCUT2D eigenvalue weighted by atomic mass is 10.1. The zero-order valence-electron chi connectivity index (χ0n) is 14.6. The van der Waals surface area contributed by atoms with Gasteiger partial charge in [0.1, 0.15) is 0 Å². The number of nitrogens with zero attached hydrogens (tertiary/aromatic N) is 1. The van der Waals surface area contributed by atoms with E-state index in [2.05, 4.69) is 5.32 Å². The van der Waals surface area contributed by atoms with Crippen molar-refractivity contribution in [3.05, 3.63) is 102 Å². The summed E-state index contributed by atoms with van der Waals surface area (Å²) in [5.41, 5.74) is 2.81. The van der Waals surface area contributed by atoms with Gasteiger partial charge < -0.3 is 10.2 Å². The second kappa shape index (κ2) is 8.12. The Morgan fingerprint density at radius 1 is 0.769 bits per heavy atom. The number of carbonyl (C=O) groups excluding carboxylic acids is 2. The van der Waals surface area contributed by atoms with Crippen molar-refractivity contribution in [1.82, 2.24) is 4.90 Å². The Balaban J connectivity index is 1.75. The predicted octanol–water partition coefficient (Wildman–Crippen LogP) is 4.21. The van der Waals surface area contributed by atoms with Gasteiger partial charge >= 0.3 is 0 Å². The first-order valence-corrected chi connectivity index (χ1v) is 8.40. The fourth-order valence-corrected chi connectivity index (χ4v) is 2.69. The van der Waals surface area contributed by atoms with E-state index < -0.39 is 0 Å². The van der Waals surface area contributed by atoms with Crippen LogP contribution in [0, 0.1) is 0 Å². The molecule has 3 aromatic carbocycles. The molecule has 0 aliphatic carbocycles. The van der Waals surface area contributed by atoms with Crippen LogP contribution in [0.15, 0.2) is 84.9 Å². The van der Waals surface area contributed by atoms with Gasteiger partial charge in [-0.15, -0.1) is 0 Å². The van der Waals surface area contributed by atoms with E-state index in [-0.39, 0.29) is 11.8 Å². The summed E-state index contributed by atoms with van der Waals surface area (Å²) < 4.78 is 0. The monoisotopic (exact) mass is 344 g/mol. The number of para-hydroxylation sites is 1. The number of nitrogens with one attached hydrogen (secondary N) is 1. The van der Waals surface area contributed by atoms with Gasteiger partial charge in [-0.2, -0.15) is 0 Å². The molecule has 2 amide bonds. The maximum atomic E-state index is 12.5. The molecule has 0 aromatic heterocycles. The predicted molar refractivity (Wildman–Crippen MR) is 103 cm³/mol. The average molecular weight is 344 g/mol. The van der Waals surface area contributed by atoms with E-state index in [0.29, 0.717) is 23.4 Å². The van der Waals surface area contributed by atoms with Crippen LogP contribution < -0.4 is 5.32 Å². The minimum absolute atomic E-state index is 0.0604. The number of hydrogen-bond donors (Lipinski definition) is 1. The van der Waals surface area contributed by atoms with Crippen molar-refractivity contribution >= 4 is 17.5 Å². The van der Waals surface area contributed by atoms with Gasteiger partial charge in [0.2, 0.25) is 0 Å². The van der Waals surface area contributed by atoms with E-state index in [9.17, 15) is 9.59 Å². The van der Waals surface area contributed by atoms with Gasteiger partial charge in [0.15, 0.2) is 0 Å². The summed E-state index contributed by atoms with van der Waals surface area (Å²) in [6, 6.07) is 25.7. The van der Waals surface area contributed by atoms with Crippen molar-refractivity contribution in [2.24, 2.45) is 0 Å². The van der Waals surface area contributed by atoms with Crippen molar-refractivity contribution < 1.29 is 9.59 Å². The molecule has 0 heterocycles. The van der Waals surface area contributed by atoms with Crippen LogP contribution in [0.1, 0.15) is 26.3 Å². The molecule has 4 nitrogen and oxygen atoms in total. The molecule has 0 unspecified atom stereocenters. The summed E-state index contributed by atoms with van der Waals surface area (Å²) in [5, 5.41) is 2.93. The average Bonchev–Trinajstić information content (AvgIpc) is 2.70. The third-order valence-electron chi connectivity index (χ3n) is 4.08. The highest BCUT2D eigenvalue weighted by Crippen LogP contribution is 2.19. The van der Waals surface area contributed by atoms with Crippen molar-refractivity contribution in [1.29, 1.82) is 0 Å². The maximum absolute atomic E-state index is 12.5. The number of hydrogen-bond acceptors (Lipinski definition) is 2. The molecule has 0 aliphatic rings. The molecule has 0 fully saturated rings. The number of benzene rings is 3. The van der Waals surface area contributed by atoms with Gasteiger partial charge in [0, 0.05) is 30.4 Å². The van der Waals surface area contributed by atoms with Gasteiger partial charge in [0.05, 0.1) is 0 Å². The van der Waals surface area contributed by atoms with Gasteiger partial charge in [0.25, 0.3) is 11.8 Å². The minimum atomic E-state index is -0.171. The molecule has 0 atom stereocenters. The summed E-state index contributed by atoms with van der Waals surface area (Å²) in [6.45, 7) is 0.402. The smallest absolute Gasteiger partial charge is 0.255 e. The van der Waals surface area contributed by atoms with Crippen molar-refractivity contribution in [3.63, 3.8) is 0 Å². The van der Waals surface area contributed by atoms with E-state index in [1.54, 1.807) is 36.2 Å². The third kappa shape index (κ3) is 4.16. The van der Waals surface area contributed by atoms with E-state index >= 15 is 0 Å². The lowest BCUT2D eigenvalue weighted by Crippen LogP contribution is -2.26. The van der Waals surface area contributed by atoms with E-state index in [0.717, 1.165) is 5.56 Å². The first kappa shape index (κ1) is 17.4. The highest BCUT2D eigenvalue weighted by atomic mass is 16.2. The lowest BCUT2D eigenvalue weighted by Gasteiger charge is -2.19. The topological polar surface area (TPSA) is 49.4 Å². The van der Waals surface area contributed by atoms with Gasteiger partial charge in [-0.05, 0) is 35.9 Å². The Morgan fingerprint density at radius 2 is 1.31 bits per heavy atom. The quantitative estimate of drug-likeness (QED) is 0.754. The number of rotatable bonds is 5. The molecule has 1 N–H and O–H groups in total. The molecule has 0 saturated heterocycles. The Kier molecular flexibility index (Phi) is 5.44. The first-order chi connectivity index (χ1) is 12.6. The number of amides is 2. The second-order valence-electron chi connectivity index (χ2n) is 6.00. The number of carbonyl (C=O) groups is 2.